The van der Waals surface area contributed by atoms with Gasteiger partial charge in [-0.05, 0) is 32.0 Å². The molecule has 1 atom stereocenters. The Hall–Kier alpha value is -2.07. The minimum atomic E-state index is -0.794. The topological polar surface area (TPSA) is 51.6 Å². The van der Waals surface area contributed by atoms with Gasteiger partial charge in [-0.15, -0.1) is 0 Å². The van der Waals surface area contributed by atoms with Gasteiger partial charge in [0.15, 0.2) is 0 Å². The van der Waals surface area contributed by atoms with E-state index in [4.69, 9.17) is 9.47 Å². The number of hydrogen-bond donors (Lipinski definition) is 1. The summed E-state index contributed by atoms with van der Waals surface area (Å²) in [7, 11) is 1.59. The SMILES string of the molecule is CCOc1cncc(C(O)c2cc(C)ccc2OC)c1. The lowest BCUT2D eigenvalue weighted by Crippen LogP contribution is -2.04. The number of methoxy groups -OCH3 is 1. The highest BCUT2D eigenvalue weighted by atomic mass is 16.5. The maximum atomic E-state index is 10.5. The molecule has 4 heteroatoms. The number of hydrogen-bond acceptors (Lipinski definition) is 4. The summed E-state index contributed by atoms with van der Waals surface area (Å²) in [5, 5.41) is 10.5. The summed E-state index contributed by atoms with van der Waals surface area (Å²) < 4.78 is 10.7. The maximum absolute atomic E-state index is 10.5. The van der Waals surface area contributed by atoms with E-state index >= 15 is 0 Å². The molecule has 4 nitrogen and oxygen atoms in total. The first-order valence-electron chi connectivity index (χ1n) is 6.56. The summed E-state index contributed by atoms with van der Waals surface area (Å²) in [6.07, 6.45) is 2.47. The Kier molecular flexibility index (Phi) is 4.58. The Morgan fingerprint density at radius 1 is 1.25 bits per heavy atom. The molecule has 1 aromatic heterocycles. The van der Waals surface area contributed by atoms with Crippen molar-refractivity contribution in [3.8, 4) is 11.5 Å². The number of rotatable bonds is 5. The molecule has 0 saturated heterocycles. The van der Waals surface area contributed by atoms with Crippen LogP contribution in [0.15, 0.2) is 36.7 Å². The van der Waals surface area contributed by atoms with Crippen LogP contribution in [0.3, 0.4) is 0 Å². The van der Waals surface area contributed by atoms with Gasteiger partial charge >= 0.3 is 0 Å². The highest BCUT2D eigenvalue weighted by Gasteiger charge is 2.16. The summed E-state index contributed by atoms with van der Waals surface area (Å²) >= 11 is 0. The van der Waals surface area contributed by atoms with Crippen LogP contribution >= 0.6 is 0 Å². The van der Waals surface area contributed by atoms with Crippen molar-refractivity contribution in [2.75, 3.05) is 13.7 Å². The van der Waals surface area contributed by atoms with Crippen molar-refractivity contribution in [3.05, 3.63) is 53.3 Å². The quantitative estimate of drug-likeness (QED) is 0.910. The van der Waals surface area contributed by atoms with Crippen molar-refractivity contribution < 1.29 is 14.6 Å². The molecule has 0 amide bonds. The summed E-state index contributed by atoms with van der Waals surface area (Å²) in [4.78, 5) is 4.10. The fourth-order valence-corrected chi connectivity index (χ4v) is 2.08. The molecule has 0 aliphatic heterocycles. The van der Waals surface area contributed by atoms with E-state index in [9.17, 15) is 5.11 Å². The van der Waals surface area contributed by atoms with Crippen LogP contribution < -0.4 is 9.47 Å². The van der Waals surface area contributed by atoms with E-state index < -0.39 is 6.10 Å². The third kappa shape index (κ3) is 3.08. The molecule has 2 aromatic rings. The average molecular weight is 273 g/mol. The van der Waals surface area contributed by atoms with E-state index in [2.05, 4.69) is 4.98 Å². The Morgan fingerprint density at radius 2 is 2.05 bits per heavy atom. The number of pyridine rings is 1. The largest absolute Gasteiger partial charge is 0.496 e. The molecular weight excluding hydrogens is 254 g/mol. The number of aromatic nitrogens is 1. The molecule has 0 fully saturated rings. The molecule has 0 saturated carbocycles. The third-order valence-electron chi connectivity index (χ3n) is 3.04. The molecule has 0 spiro atoms. The molecule has 0 aliphatic rings. The Balaban J connectivity index is 2.37. The van der Waals surface area contributed by atoms with Crippen LogP contribution in [0, 0.1) is 6.92 Å². The van der Waals surface area contributed by atoms with E-state index in [1.807, 2.05) is 32.0 Å². The van der Waals surface area contributed by atoms with Crippen LogP contribution in [0.1, 0.15) is 29.7 Å². The van der Waals surface area contributed by atoms with Crippen molar-refractivity contribution >= 4 is 0 Å². The van der Waals surface area contributed by atoms with Gasteiger partial charge in [-0.2, -0.15) is 0 Å². The van der Waals surface area contributed by atoms with Gasteiger partial charge in [-0.25, -0.2) is 0 Å². The molecule has 0 radical (unpaired) electrons. The van der Waals surface area contributed by atoms with Gasteiger partial charge in [-0.1, -0.05) is 11.6 Å². The van der Waals surface area contributed by atoms with Crippen molar-refractivity contribution in [2.24, 2.45) is 0 Å². The van der Waals surface area contributed by atoms with Crippen LogP contribution in [0.25, 0.3) is 0 Å². The zero-order chi connectivity index (χ0) is 14.5. The number of aryl methyl sites for hydroxylation is 1. The van der Waals surface area contributed by atoms with E-state index in [1.165, 1.54) is 0 Å². The fourth-order valence-electron chi connectivity index (χ4n) is 2.08. The smallest absolute Gasteiger partial charge is 0.137 e. The lowest BCUT2D eigenvalue weighted by atomic mass is 10.00. The first-order valence-corrected chi connectivity index (χ1v) is 6.56. The molecular formula is C16H19NO3. The molecule has 106 valence electrons. The normalized spacial score (nSPS) is 12.0. The number of aliphatic hydroxyl groups is 1. The predicted octanol–water partition coefficient (Wildman–Crippen LogP) is 2.88. The number of benzene rings is 1. The molecule has 1 aromatic carbocycles. The molecule has 2 rings (SSSR count). The summed E-state index contributed by atoms with van der Waals surface area (Å²) in [5.41, 5.74) is 2.47. The van der Waals surface area contributed by atoms with Crippen molar-refractivity contribution in [1.29, 1.82) is 0 Å². The van der Waals surface area contributed by atoms with Crippen molar-refractivity contribution in [2.45, 2.75) is 20.0 Å². The molecule has 1 heterocycles. The standard InChI is InChI=1S/C16H19NO3/c1-4-20-13-8-12(9-17-10-13)16(18)14-7-11(2)5-6-15(14)19-3/h5-10,16,18H,4H2,1-3H3. The second-order valence-electron chi connectivity index (χ2n) is 4.53. The van der Waals surface area contributed by atoms with Crippen LogP contribution in [0.2, 0.25) is 0 Å². The second-order valence-corrected chi connectivity index (χ2v) is 4.53. The van der Waals surface area contributed by atoms with Gasteiger partial charge in [0.1, 0.15) is 17.6 Å². The van der Waals surface area contributed by atoms with E-state index in [-0.39, 0.29) is 0 Å². The monoisotopic (exact) mass is 273 g/mol. The van der Waals surface area contributed by atoms with E-state index in [0.29, 0.717) is 23.7 Å². The number of nitrogens with zero attached hydrogens (tertiary/aromatic N) is 1. The minimum Gasteiger partial charge on any atom is -0.496 e. The van der Waals surface area contributed by atoms with Gasteiger partial charge in [0.05, 0.1) is 19.9 Å². The first kappa shape index (κ1) is 14.3. The van der Waals surface area contributed by atoms with E-state index in [1.54, 1.807) is 25.6 Å². The summed E-state index contributed by atoms with van der Waals surface area (Å²) in [6, 6.07) is 7.51. The number of ether oxygens (including phenoxy) is 2. The number of aliphatic hydroxyl groups excluding tert-OH is 1. The Bertz CT molecular complexity index is 584. The summed E-state index contributed by atoms with van der Waals surface area (Å²) in [5.74, 6) is 1.31. The van der Waals surface area contributed by atoms with Gasteiger partial charge < -0.3 is 14.6 Å². The van der Waals surface area contributed by atoms with Gasteiger partial charge in [0.2, 0.25) is 0 Å². The molecule has 1 unspecified atom stereocenters. The van der Waals surface area contributed by atoms with Gasteiger partial charge in [0, 0.05) is 17.3 Å². The zero-order valence-electron chi connectivity index (χ0n) is 12.0. The maximum Gasteiger partial charge on any atom is 0.137 e. The fraction of sp³-hybridized carbons (Fsp3) is 0.312. The Labute approximate surface area is 119 Å². The summed E-state index contributed by atoms with van der Waals surface area (Å²) in [6.45, 7) is 4.45. The minimum absolute atomic E-state index is 0.564. The highest BCUT2D eigenvalue weighted by Crippen LogP contribution is 2.31. The lowest BCUT2D eigenvalue weighted by molar-refractivity contribution is 0.213. The third-order valence-corrected chi connectivity index (χ3v) is 3.04. The zero-order valence-corrected chi connectivity index (χ0v) is 12.0. The Morgan fingerprint density at radius 3 is 2.75 bits per heavy atom. The van der Waals surface area contributed by atoms with Crippen LogP contribution in [0.5, 0.6) is 11.5 Å². The highest BCUT2D eigenvalue weighted by molar-refractivity contribution is 5.43. The molecule has 0 aliphatic carbocycles. The molecule has 20 heavy (non-hydrogen) atoms. The second kappa shape index (κ2) is 6.39. The first-order chi connectivity index (χ1) is 9.65. The van der Waals surface area contributed by atoms with Gasteiger partial charge in [-0.3, -0.25) is 4.98 Å². The van der Waals surface area contributed by atoms with Crippen molar-refractivity contribution in [1.82, 2.24) is 4.98 Å². The van der Waals surface area contributed by atoms with Crippen LogP contribution in [-0.2, 0) is 0 Å². The van der Waals surface area contributed by atoms with E-state index in [0.717, 1.165) is 11.1 Å². The van der Waals surface area contributed by atoms with Crippen LogP contribution in [0.4, 0.5) is 0 Å². The molecule has 0 bridgehead atoms. The average Bonchev–Trinajstić information content (AvgIpc) is 2.47. The van der Waals surface area contributed by atoms with Gasteiger partial charge in [0.25, 0.3) is 0 Å². The van der Waals surface area contributed by atoms with Crippen molar-refractivity contribution in [3.63, 3.8) is 0 Å². The lowest BCUT2D eigenvalue weighted by Gasteiger charge is -2.16. The predicted molar refractivity (Wildman–Crippen MR) is 77.2 cm³/mol. The molecule has 1 N–H and O–H groups in total. The van der Waals surface area contributed by atoms with Crippen LogP contribution in [-0.4, -0.2) is 23.8 Å².